The molecule has 0 atom stereocenters. The number of anilines is 1. The van der Waals surface area contributed by atoms with E-state index in [0.29, 0.717) is 33.3 Å². The molecule has 0 saturated carbocycles. The van der Waals surface area contributed by atoms with E-state index in [2.05, 4.69) is 22.1 Å². The number of aromatic nitrogens is 3. The molecule has 3 aromatic rings. The highest BCUT2D eigenvalue weighted by molar-refractivity contribution is 7.99. The number of halogens is 3. The van der Waals surface area contributed by atoms with Crippen LogP contribution in [0.1, 0.15) is 0 Å². The molecule has 1 amide bonds. The third-order valence-electron chi connectivity index (χ3n) is 3.69. The van der Waals surface area contributed by atoms with Crippen LogP contribution in [0.2, 0.25) is 10.0 Å². The number of nitrogens with zero attached hydrogens (tertiary/aromatic N) is 3. The Bertz CT molecular complexity index is 987. The molecule has 0 aliphatic rings. The maximum atomic E-state index is 13.2. The highest BCUT2D eigenvalue weighted by Gasteiger charge is 2.16. The normalized spacial score (nSPS) is 10.7. The molecule has 1 aromatic heterocycles. The van der Waals surface area contributed by atoms with Crippen molar-refractivity contribution in [1.82, 2.24) is 14.8 Å². The SMILES string of the molecule is C=CCn1c(SCC(=O)Nc2c(Cl)cccc2Cl)nnc1-c1ccc(F)cc1. The van der Waals surface area contributed by atoms with E-state index < -0.39 is 0 Å². The van der Waals surface area contributed by atoms with E-state index in [9.17, 15) is 9.18 Å². The lowest BCUT2D eigenvalue weighted by molar-refractivity contribution is -0.113. The predicted molar refractivity (Wildman–Crippen MR) is 111 cm³/mol. The van der Waals surface area contributed by atoms with Crippen LogP contribution in [-0.4, -0.2) is 26.4 Å². The van der Waals surface area contributed by atoms with Gasteiger partial charge in [-0.15, -0.1) is 16.8 Å². The number of benzene rings is 2. The van der Waals surface area contributed by atoms with Gasteiger partial charge in [0.2, 0.25) is 5.91 Å². The molecule has 0 spiro atoms. The second kappa shape index (κ2) is 9.23. The lowest BCUT2D eigenvalue weighted by atomic mass is 10.2. The van der Waals surface area contributed by atoms with E-state index in [0.717, 1.165) is 5.56 Å². The van der Waals surface area contributed by atoms with Crippen molar-refractivity contribution in [1.29, 1.82) is 0 Å². The molecule has 0 aliphatic heterocycles. The molecule has 0 aliphatic carbocycles. The van der Waals surface area contributed by atoms with Crippen LogP contribution in [0, 0.1) is 5.82 Å². The average Bonchev–Trinajstić information content (AvgIpc) is 3.07. The van der Waals surface area contributed by atoms with Gasteiger partial charge in [0.15, 0.2) is 11.0 Å². The molecular weight excluding hydrogens is 422 g/mol. The minimum atomic E-state index is -0.331. The van der Waals surface area contributed by atoms with Gasteiger partial charge in [0.1, 0.15) is 5.82 Å². The molecule has 5 nitrogen and oxygen atoms in total. The van der Waals surface area contributed by atoms with E-state index in [-0.39, 0.29) is 17.5 Å². The molecule has 1 heterocycles. The molecule has 1 N–H and O–H groups in total. The monoisotopic (exact) mass is 436 g/mol. The Labute approximate surface area is 175 Å². The minimum Gasteiger partial charge on any atom is -0.323 e. The van der Waals surface area contributed by atoms with Gasteiger partial charge in [0.05, 0.1) is 21.5 Å². The van der Waals surface area contributed by atoms with Crippen LogP contribution < -0.4 is 5.32 Å². The molecule has 9 heteroatoms. The quantitative estimate of drug-likeness (QED) is 0.402. The molecule has 0 unspecified atom stereocenters. The third kappa shape index (κ3) is 4.73. The summed E-state index contributed by atoms with van der Waals surface area (Å²) in [6, 6.07) is 11.0. The van der Waals surface area contributed by atoms with Crippen molar-refractivity contribution in [3.63, 3.8) is 0 Å². The predicted octanol–water partition coefficient (Wildman–Crippen LogP) is 5.31. The smallest absolute Gasteiger partial charge is 0.234 e. The van der Waals surface area contributed by atoms with Gasteiger partial charge in [0, 0.05) is 12.1 Å². The number of para-hydroxylation sites is 1. The van der Waals surface area contributed by atoms with Crippen LogP contribution >= 0.6 is 35.0 Å². The Hall–Kier alpha value is -2.35. The minimum absolute atomic E-state index is 0.0836. The highest BCUT2D eigenvalue weighted by atomic mass is 35.5. The second-order valence-electron chi connectivity index (χ2n) is 5.65. The molecule has 28 heavy (non-hydrogen) atoms. The summed E-state index contributed by atoms with van der Waals surface area (Å²) >= 11 is 13.4. The summed E-state index contributed by atoms with van der Waals surface area (Å²) in [6.07, 6.45) is 1.70. The van der Waals surface area contributed by atoms with Crippen LogP contribution in [-0.2, 0) is 11.3 Å². The zero-order valence-corrected chi connectivity index (χ0v) is 16.9. The number of carbonyl (C=O) groups is 1. The maximum absolute atomic E-state index is 13.2. The van der Waals surface area contributed by atoms with Gasteiger partial charge in [-0.25, -0.2) is 4.39 Å². The van der Waals surface area contributed by atoms with Gasteiger partial charge < -0.3 is 5.32 Å². The standard InChI is InChI=1S/C19H15Cl2FN4OS/c1-2-10-26-18(12-6-8-13(22)9-7-12)24-25-19(26)28-11-16(27)23-17-14(20)4-3-5-15(17)21/h2-9H,1,10-11H2,(H,23,27). The van der Waals surface area contributed by atoms with Crippen LogP contribution in [0.3, 0.4) is 0 Å². The summed E-state index contributed by atoms with van der Waals surface area (Å²) in [6.45, 7) is 4.19. The third-order valence-corrected chi connectivity index (χ3v) is 5.29. The van der Waals surface area contributed by atoms with Crippen molar-refractivity contribution in [2.24, 2.45) is 0 Å². The molecular formula is C19H15Cl2FN4OS. The van der Waals surface area contributed by atoms with Gasteiger partial charge >= 0.3 is 0 Å². The largest absolute Gasteiger partial charge is 0.323 e. The van der Waals surface area contributed by atoms with Crippen LogP contribution in [0.5, 0.6) is 0 Å². The first-order valence-corrected chi connectivity index (χ1v) is 9.90. The van der Waals surface area contributed by atoms with Crippen LogP contribution in [0.4, 0.5) is 10.1 Å². The van der Waals surface area contributed by atoms with Crippen LogP contribution in [0.25, 0.3) is 11.4 Å². The number of carbonyl (C=O) groups excluding carboxylic acids is 1. The summed E-state index contributed by atoms with van der Waals surface area (Å²) in [7, 11) is 0. The van der Waals surface area contributed by atoms with Crippen molar-refractivity contribution in [3.05, 3.63) is 71.0 Å². The topological polar surface area (TPSA) is 59.8 Å². The summed E-state index contributed by atoms with van der Waals surface area (Å²) in [5.74, 6) is 0.0387. The Balaban J connectivity index is 1.74. The van der Waals surface area contributed by atoms with Crippen molar-refractivity contribution in [2.75, 3.05) is 11.1 Å². The number of hydrogen-bond acceptors (Lipinski definition) is 4. The number of nitrogens with one attached hydrogen (secondary N) is 1. The summed E-state index contributed by atoms with van der Waals surface area (Å²) < 4.78 is 15.0. The fourth-order valence-electron chi connectivity index (χ4n) is 2.42. The Morgan fingerprint density at radius 3 is 2.50 bits per heavy atom. The van der Waals surface area contributed by atoms with Crippen molar-refractivity contribution < 1.29 is 9.18 Å². The Morgan fingerprint density at radius 1 is 1.18 bits per heavy atom. The molecule has 0 fully saturated rings. The van der Waals surface area contributed by atoms with Crippen molar-refractivity contribution in [2.45, 2.75) is 11.7 Å². The summed E-state index contributed by atoms with van der Waals surface area (Å²) in [5, 5.41) is 12.3. The fraction of sp³-hybridized carbons (Fsp3) is 0.105. The van der Waals surface area contributed by atoms with Crippen molar-refractivity contribution in [3.8, 4) is 11.4 Å². The van der Waals surface area contributed by atoms with Gasteiger partial charge in [-0.3, -0.25) is 9.36 Å². The first kappa shape index (κ1) is 20.4. The number of allylic oxidation sites excluding steroid dienone is 1. The summed E-state index contributed by atoms with van der Waals surface area (Å²) in [5.41, 5.74) is 1.09. The Kier molecular flexibility index (Phi) is 6.72. The van der Waals surface area contributed by atoms with Crippen molar-refractivity contribution >= 4 is 46.6 Å². The molecule has 3 rings (SSSR count). The first-order chi connectivity index (χ1) is 13.5. The molecule has 2 aromatic carbocycles. The van der Waals surface area contributed by atoms with Gasteiger partial charge in [-0.1, -0.05) is 47.1 Å². The van der Waals surface area contributed by atoms with Gasteiger partial charge in [-0.2, -0.15) is 0 Å². The average molecular weight is 437 g/mol. The molecule has 144 valence electrons. The molecule has 0 saturated heterocycles. The van der Waals surface area contributed by atoms with Gasteiger partial charge in [-0.05, 0) is 36.4 Å². The lowest BCUT2D eigenvalue weighted by Gasteiger charge is -2.10. The molecule has 0 radical (unpaired) electrons. The van der Waals surface area contributed by atoms with E-state index in [1.165, 1.54) is 23.9 Å². The number of thioether (sulfide) groups is 1. The summed E-state index contributed by atoms with van der Waals surface area (Å²) in [4.78, 5) is 12.3. The van der Waals surface area contributed by atoms with Crippen LogP contribution in [0.15, 0.2) is 60.3 Å². The zero-order chi connectivity index (χ0) is 20.1. The highest BCUT2D eigenvalue weighted by Crippen LogP contribution is 2.30. The number of rotatable bonds is 7. The maximum Gasteiger partial charge on any atom is 0.234 e. The number of amides is 1. The fourth-order valence-corrected chi connectivity index (χ4v) is 3.66. The van der Waals surface area contributed by atoms with Gasteiger partial charge in [0.25, 0.3) is 0 Å². The Morgan fingerprint density at radius 2 is 1.86 bits per heavy atom. The lowest BCUT2D eigenvalue weighted by Crippen LogP contribution is -2.15. The van der Waals surface area contributed by atoms with E-state index >= 15 is 0 Å². The van der Waals surface area contributed by atoms with E-state index in [1.54, 1.807) is 41.0 Å². The van der Waals surface area contributed by atoms with E-state index in [4.69, 9.17) is 23.2 Å². The van der Waals surface area contributed by atoms with E-state index in [1.807, 2.05) is 0 Å². The number of hydrogen-bond donors (Lipinski definition) is 1. The zero-order valence-electron chi connectivity index (χ0n) is 14.5. The molecule has 0 bridgehead atoms. The second-order valence-corrected chi connectivity index (χ2v) is 7.40. The first-order valence-electron chi connectivity index (χ1n) is 8.16.